The Labute approximate surface area is 213 Å². The summed E-state index contributed by atoms with van der Waals surface area (Å²) in [4.78, 5) is 13.4. The number of hydrogen-bond acceptors (Lipinski definition) is 5. The van der Waals surface area contributed by atoms with E-state index in [2.05, 4.69) is 68.1 Å². The van der Waals surface area contributed by atoms with Gasteiger partial charge >= 0.3 is 0 Å². The Morgan fingerprint density at radius 3 is 2.56 bits per heavy atom. The summed E-state index contributed by atoms with van der Waals surface area (Å²) in [5, 5.41) is 9.66. The number of rotatable bonds is 7. The highest BCUT2D eigenvalue weighted by atomic mass is 16.5. The van der Waals surface area contributed by atoms with E-state index >= 15 is 0 Å². The Morgan fingerprint density at radius 1 is 1.00 bits per heavy atom. The molecule has 0 unspecified atom stereocenters. The number of aromatic nitrogens is 4. The summed E-state index contributed by atoms with van der Waals surface area (Å²) in [5.74, 6) is 1.05. The molecule has 0 saturated carbocycles. The highest BCUT2D eigenvalue weighted by Gasteiger charge is 2.23. The lowest BCUT2D eigenvalue weighted by molar-refractivity contribution is 0.0357. The molecule has 0 atom stereocenters. The Morgan fingerprint density at radius 2 is 1.78 bits per heavy atom. The largest absolute Gasteiger partial charge is 0.379 e. The molecule has 2 fully saturated rings. The molecule has 2 aliphatic heterocycles. The molecule has 0 radical (unpaired) electrons. The predicted octanol–water partition coefficient (Wildman–Crippen LogP) is 5.13. The Hall–Kier alpha value is -2.74. The van der Waals surface area contributed by atoms with Gasteiger partial charge < -0.3 is 14.6 Å². The summed E-state index contributed by atoms with van der Waals surface area (Å²) in [5.41, 5.74) is 7.29. The molecular weight excluding hydrogens is 448 g/mol. The van der Waals surface area contributed by atoms with Crippen molar-refractivity contribution in [1.29, 1.82) is 0 Å². The van der Waals surface area contributed by atoms with Crippen molar-refractivity contribution in [3.63, 3.8) is 0 Å². The van der Waals surface area contributed by atoms with Crippen molar-refractivity contribution in [2.75, 3.05) is 52.5 Å². The molecule has 1 aromatic carbocycles. The molecule has 2 saturated heterocycles. The number of pyridine rings is 1. The molecule has 6 rings (SSSR count). The standard InChI is InChI=1S/C29H38N6O/c1-20(2)27-24-18-22(21-7-12-34(13-8-21)10-3-11-35-14-16-36-17-15-35)4-5-26(24)32-28(27)23-6-9-30-29-25(23)19-31-33-29/h4-6,9,18-21,32H,3,7-8,10-17H2,1-2H3,(H,30,31,33). The van der Waals surface area contributed by atoms with Gasteiger partial charge in [0.1, 0.15) is 0 Å². The zero-order valence-corrected chi connectivity index (χ0v) is 21.6. The molecular formula is C29H38N6O. The lowest BCUT2D eigenvalue weighted by atomic mass is 9.87. The molecule has 36 heavy (non-hydrogen) atoms. The number of nitrogens with zero attached hydrogens (tertiary/aromatic N) is 4. The van der Waals surface area contributed by atoms with E-state index in [1.807, 2.05) is 12.4 Å². The van der Waals surface area contributed by atoms with Crippen molar-refractivity contribution in [3.8, 4) is 11.3 Å². The van der Waals surface area contributed by atoms with Gasteiger partial charge in [-0.05, 0) is 86.6 Å². The van der Waals surface area contributed by atoms with Gasteiger partial charge in [0.2, 0.25) is 0 Å². The van der Waals surface area contributed by atoms with E-state index in [1.54, 1.807) is 0 Å². The van der Waals surface area contributed by atoms with E-state index in [1.165, 1.54) is 78.7 Å². The molecule has 2 aliphatic rings. The number of ether oxygens (including phenoxy) is 1. The number of morpholine rings is 1. The number of nitrogens with one attached hydrogen (secondary N) is 2. The first-order chi connectivity index (χ1) is 17.7. The van der Waals surface area contributed by atoms with E-state index in [0.29, 0.717) is 11.8 Å². The monoisotopic (exact) mass is 486 g/mol. The number of fused-ring (bicyclic) bond motifs is 2. The van der Waals surface area contributed by atoms with Crippen LogP contribution >= 0.6 is 0 Å². The van der Waals surface area contributed by atoms with Crippen LogP contribution in [0.2, 0.25) is 0 Å². The van der Waals surface area contributed by atoms with Crippen LogP contribution in [0.15, 0.2) is 36.7 Å². The van der Waals surface area contributed by atoms with Gasteiger partial charge in [-0.15, -0.1) is 0 Å². The topological polar surface area (TPSA) is 73.1 Å². The Kier molecular flexibility index (Phi) is 6.78. The molecule has 0 bridgehead atoms. The van der Waals surface area contributed by atoms with Crippen molar-refractivity contribution < 1.29 is 4.74 Å². The molecule has 3 aromatic heterocycles. The minimum absolute atomic E-state index is 0.410. The average molecular weight is 487 g/mol. The van der Waals surface area contributed by atoms with Gasteiger partial charge in [0.05, 0.1) is 25.1 Å². The third kappa shape index (κ3) is 4.67. The molecule has 190 valence electrons. The van der Waals surface area contributed by atoms with Crippen molar-refractivity contribution >= 4 is 21.9 Å². The smallest absolute Gasteiger partial charge is 0.155 e. The fourth-order valence-corrected chi connectivity index (χ4v) is 6.20. The maximum absolute atomic E-state index is 5.47. The van der Waals surface area contributed by atoms with Gasteiger partial charge in [0.15, 0.2) is 5.65 Å². The molecule has 0 aliphatic carbocycles. The number of H-pyrrole nitrogens is 2. The summed E-state index contributed by atoms with van der Waals surface area (Å²) < 4.78 is 5.47. The summed E-state index contributed by atoms with van der Waals surface area (Å²) in [6, 6.07) is 9.22. The van der Waals surface area contributed by atoms with Crippen LogP contribution in [0.5, 0.6) is 0 Å². The minimum Gasteiger partial charge on any atom is -0.379 e. The molecule has 4 aromatic rings. The van der Waals surface area contributed by atoms with Crippen molar-refractivity contribution in [1.82, 2.24) is 30.0 Å². The van der Waals surface area contributed by atoms with Crippen LogP contribution in [0.25, 0.3) is 33.2 Å². The van der Waals surface area contributed by atoms with Crippen LogP contribution in [0, 0.1) is 0 Å². The zero-order valence-electron chi connectivity index (χ0n) is 21.6. The van der Waals surface area contributed by atoms with Crippen molar-refractivity contribution in [2.45, 2.75) is 44.9 Å². The van der Waals surface area contributed by atoms with Gasteiger partial charge in [-0.25, -0.2) is 4.98 Å². The summed E-state index contributed by atoms with van der Waals surface area (Å²) in [6.45, 7) is 13.4. The van der Waals surface area contributed by atoms with Crippen LogP contribution in [-0.2, 0) is 4.74 Å². The number of benzene rings is 1. The normalized spacial score (nSPS) is 18.6. The second-order valence-corrected chi connectivity index (χ2v) is 10.8. The van der Waals surface area contributed by atoms with Crippen LogP contribution in [0.1, 0.15) is 56.1 Å². The first-order valence-electron chi connectivity index (χ1n) is 13.6. The summed E-state index contributed by atoms with van der Waals surface area (Å²) in [6.07, 6.45) is 7.51. The molecule has 7 nitrogen and oxygen atoms in total. The molecule has 0 amide bonds. The lowest BCUT2D eigenvalue weighted by Gasteiger charge is -2.33. The highest BCUT2D eigenvalue weighted by molar-refractivity contribution is 5.98. The van der Waals surface area contributed by atoms with E-state index in [-0.39, 0.29) is 0 Å². The SMILES string of the molecule is CC(C)c1c(-c2ccnc3[nH]ncc23)[nH]c2ccc(C3CCN(CCCN4CCOCC4)CC3)cc12. The van der Waals surface area contributed by atoms with Gasteiger partial charge in [0.25, 0.3) is 0 Å². The highest BCUT2D eigenvalue weighted by Crippen LogP contribution is 2.39. The predicted molar refractivity (Wildman–Crippen MR) is 146 cm³/mol. The van der Waals surface area contributed by atoms with Crippen LogP contribution < -0.4 is 0 Å². The zero-order chi connectivity index (χ0) is 24.5. The second-order valence-electron chi connectivity index (χ2n) is 10.8. The van der Waals surface area contributed by atoms with Gasteiger partial charge in [0, 0.05) is 41.1 Å². The summed E-state index contributed by atoms with van der Waals surface area (Å²) >= 11 is 0. The van der Waals surface area contributed by atoms with E-state index < -0.39 is 0 Å². The second kappa shape index (κ2) is 10.3. The van der Waals surface area contributed by atoms with E-state index in [9.17, 15) is 0 Å². The number of piperidine rings is 1. The molecule has 2 N–H and O–H groups in total. The van der Waals surface area contributed by atoms with Crippen LogP contribution in [-0.4, -0.2) is 82.4 Å². The fourth-order valence-electron chi connectivity index (χ4n) is 6.20. The third-order valence-corrected chi connectivity index (χ3v) is 8.18. The number of aromatic amines is 2. The van der Waals surface area contributed by atoms with Gasteiger partial charge in [-0.1, -0.05) is 19.9 Å². The van der Waals surface area contributed by atoms with E-state index in [0.717, 1.165) is 37.3 Å². The first-order valence-corrected chi connectivity index (χ1v) is 13.6. The Balaban J connectivity index is 1.17. The van der Waals surface area contributed by atoms with Gasteiger partial charge in [-0.3, -0.25) is 10.00 Å². The average Bonchev–Trinajstić information content (AvgIpc) is 3.54. The fraction of sp³-hybridized carbons (Fsp3) is 0.517. The summed E-state index contributed by atoms with van der Waals surface area (Å²) in [7, 11) is 0. The molecule has 0 spiro atoms. The lowest BCUT2D eigenvalue weighted by Crippen LogP contribution is -2.39. The molecule has 7 heteroatoms. The quantitative estimate of drug-likeness (QED) is 0.379. The van der Waals surface area contributed by atoms with Crippen molar-refractivity contribution in [2.24, 2.45) is 0 Å². The minimum atomic E-state index is 0.410. The third-order valence-electron chi connectivity index (χ3n) is 8.18. The maximum Gasteiger partial charge on any atom is 0.155 e. The number of hydrogen-bond donors (Lipinski definition) is 2. The van der Waals surface area contributed by atoms with Crippen molar-refractivity contribution in [3.05, 3.63) is 47.8 Å². The number of likely N-dealkylation sites (tertiary alicyclic amines) is 1. The van der Waals surface area contributed by atoms with E-state index in [4.69, 9.17) is 4.74 Å². The maximum atomic E-state index is 5.47. The first kappa shape index (κ1) is 23.6. The molecule has 5 heterocycles. The van der Waals surface area contributed by atoms with Crippen LogP contribution in [0.4, 0.5) is 0 Å². The van der Waals surface area contributed by atoms with Crippen LogP contribution in [0.3, 0.4) is 0 Å². The van der Waals surface area contributed by atoms with Gasteiger partial charge in [-0.2, -0.15) is 5.10 Å². The Bertz CT molecular complexity index is 1310.